The average molecular weight is 436 g/mol. The van der Waals surface area contributed by atoms with E-state index in [4.69, 9.17) is 25.7 Å². The summed E-state index contributed by atoms with van der Waals surface area (Å²) in [5.41, 5.74) is 0.977. The van der Waals surface area contributed by atoms with Crippen LogP contribution in [0, 0.1) is 0 Å². The van der Waals surface area contributed by atoms with Crippen molar-refractivity contribution in [1.29, 1.82) is 0 Å². The van der Waals surface area contributed by atoms with Crippen LogP contribution in [0.5, 0.6) is 5.75 Å². The summed E-state index contributed by atoms with van der Waals surface area (Å²) in [6.07, 6.45) is 1.23. The molecule has 1 aromatic rings. The van der Waals surface area contributed by atoms with Crippen LogP contribution in [0.15, 0.2) is 29.4 Å². The van der Waals surface area contributed by atoms with E-state index >= 15 is 0 Å². The average Bonchev–Trinajstić information content (AvgIpc) is 2.62. The molecule has 1 amide bonds. The molecule has 1 aromatic carbocycles. The number of fused-ring (bicyclic) bond motifs is 1. The van der Waals surface area contributed by atoms with Crippen molar-refractivity contribution in [2.24, 2.45) is 5.16 Å². The van der Waals surface area contributed by atoms with Crippen molar-refractivity contribution >= 4 is 53.3 Å². The van der Waals surface area contributed by atoms with Gasteiger partial charge in [-0.05, 0) is 56.8 Å². The first-order chi connectivity index (χ1) is 12.4. The normalized spacial score (nSPS) is 19.8. The SMILES string of the molecule is CS/C(C)=N/OC(=O)NCSN(C(C)C)P1(=S)OCc2ccccc2O1. The summed E-state index contributed by atoms with van der Waals surface area (Å²) in [4.78, 5) is 16.4. The number of amides is 1. The zero-order chi connectivity index (χ0) is 19.2. The monoisotopic (exact) mass is 435 g/mol. The van der Waals surface area contributed by atoms with Crippen LogP contribution in [0.1, 0.15) is 26.3 Å². The molecule has 144 valence electrons. The number of carbonyl (C=O) groups excluding carboxylic acids is 1. The van der Waals surface area contributed by atoms with Crippen LogP contribution in [-0.4, -0.2) is 33.4 Å². The van der Waals surface area contributed by atoms with Gasteiger partial charge in [-0.15, -0.1) is 11.8 Å². The Kier molecular flexibility index (Phi) is 8.25. The molecule has 0 saturated heterocycles. The molecule has 1 N–H and O–H groups in total. The van der Waals surface area contributed by atoms with Crippen molar-refractivity contribution in [1.82, 2.24) is 9.39 Å². The van der Waals surface area contributed by atoms with Gasteiger partial charge >= 0.3 is 12.7 Å². The molecular weight excluding hydrogens is 413 g/mol. The first kappa shape index (κ1) is 21.5. The summed E-state index contributed by atoms with van der Waals surface area (Å²) < 4.78 is 13.8. The molecule has 0 spiro atoms. The van der Waals surface area contributed by atoms with E-state index in [1.54, 1.807) is 6.92 Å². The number of para-hydroxylation sites is 1. The first-order valence-corrected chi connectivity index (χ1v) is 12.6. The van der Waals surface area contributed by atoms with Gasteiger partial charge in [0.2, 0.25) is 0 Å². The van der Waals surface area contributed by atoms with Crippen LogP contribution in [-0.2, 0) is 27.8 Å². The van der Waals surface area contributed by atoms with Gasteiger partial charge < -0.3 is 14.4 Å². The second-order valence-corrected chi connectivity index (χ2v) is 10.9. The molecule has 0 saturated carbocycles. The molecule has 1 unspecified atom stereocenters. The molecule has 0 fully saturated rings. The van der Waals surface area contributed by atoms with E-state index in [2.05, 4.69) is 10.5 Å². The highest BCUT2D eigenvalue weighted by Gasteiger charge is 2.36. The van der Waals surface area contributed by atoms with Crippen LogP contribution in [0.2, 0.25) is 0 Å². The first-order valence-electron chi connectivity index (χ1n) is 7.84. The topological polar surface area (TPSA) is 72.4 Å². The summed E-state index contributed by atoms with van der Waals surface area (Å²) >= 11 is 8.45. The zero-order valence-corrected chi connectivity index (χ0v) is 18.3. The number of hydrogen-bond acceptors (Lipinski definition) is 8. The van der Waals surface area contributed by atoms with Gasteiger partial charge in [-0.2, -0.15) is 4.08 Å². The Morgan fingerprint density at radius 1 is 1.50 bits per heavy atom. The summed E-state index contributed by atoms with van der Waals surface area (Å²) in [5.74, 6) is 1.01. The molecule has 1 atom stereocenters. The lowest BCUT2D eigenvalue weighted by Gasteiger charge is -2.37. The van der Waals surface area contributed by atoms with Gasteiger partial charge in [-0.3, -0.25) is 4.84 Å². The lowest BCUT2D eigenvalue weighted by molar-refractivity contribution is 0.153. The van der Waals surface area contributed by atoms with Crippen LogP contribution >= 0.6 is 30.4 Å². The number of oxime groups is 1. The van der Waals surface area contributed by atoms with E-state index < -0.39 is 12.7 Å². The van der Waals surface area contributed by atoms with Crippen molar-refractivity contribution < 1.29 is 18.7 Å². The minimum absolute atomic E-state index is 0.0608. The number of rotatable bonds is 6. The number of thioether (sulfide) groups is 1. The predicted molar refractivity (Wildman–Crippen MR) is 112 cm³/mol. The fraction of sp³-hybridized carbons (Fsp3) is 0.467. The Morgan fingerprint density at radius 3 is 2.92 bits per heavy atom. The summed E-state index contributed by atoms with van der Waals surface area (Å²) in [6.45, 7) is 3.47. The highest BCUT2D eigenvalue weighted by Crippen LogP contribution is 2.60. The lowest BCUT2D eigenvalue weighted by Crippen LogP contribution is -2.30. The Labute approximate surface area is 167 Å². The minimum atomic E-state index is -2.70. The molecular formula is C15H22N3O4PS3. The van der Waals surface area contributed by atoms with Gasteiger partial charge in [0.25, 0.3) is 0 Å². The highest BCUT2D eigenvalue weighted by molar-refractivity contribution is 8.15. The van der Waals surface area contributed by atoms with Crippen LogP contribution in [0.3, 0.4) is 0 Å². The quantitative estimate of drug-likeness (QED) is 0.133. The predicted octanol–water partition coefficient (Wildman–Crippen LogP) is 4.56. The highest BCUT2D eigenvalue weighted by atomic mass is 32.5. The number of benzene rings is 1. The van der Waals surface area contributed by atoms with Gasteiger partial charge in [0.15, 0.2) is 0 Å². The third-order valence-corrected chi connectivity index (χ3v) is 9.04. The summed E-state index contributed by atoms with van der Waals surface area (Å²) in [7, 11) is 0. The number of carbonyl (C=O) groups is 1. The molecule has 11 heteroatoms. The van der Waals surface area contributed by atoms with Crippen molar-refractivity contribution in [2.75, 3.05) is 12.1 Å². The van der Waals surface area contributed by atoms with E-state index in [9.17, 15) is 4.79 Å². The third-order valence-electron chi connectivity index (χ3n) is 3.22. The van der Waals surface area contributed by atoms with Crippen molar-refractivity contribution in [3.8, 4) is 5.75 Å². The van der Waals surface area contributed by atoms with Crippen molar-refractivity contribution in [3.63, 3.8) is 0 Å². The molecule has 1 aliphatic rings. The van der Waals surface area contributed by atoms with Crippen molar-refractivity contribution in [3.05, 3.63) is 29.8 Å². The fourth-order valence-electron chi connectivity index (χ4n) is 1.95. The summed E-state index contributed by atoms with van der Waals surface area (Å²) in [5, 5.41) is 6.97. The molecule has 1 heterocycles. The molecule has 0 radical (unpaired) electrons. The van der Waals surface area contributed by atoms with Gasteiger partial charge in [-0.1, -0.05) is 23.4 Å². The smallest absolute Gasteiger partial charge is 0.432 e. The number of hydrogen-bond donors (Lipinski definition) is 1. The van der Waals surface area contributed by atoms with Crippen molar-refractivity contribution in [2.45, 2.75) is 33.4 Å². The molecule has 1 aliphatic heterocycles. The number of nitrogens with one attached hydrogen (secondary N) is 1. The molecule has 2 rings (SSSR count). The standard InChI is InChI=1S/C15H22N3O4PS3/c1-11(2)18(26-10-16-15(19)21-17-12(3)25-4)23(24)20-9-13-7-5-6-8-14(13)22-23/h5-8,11H,9-10H2,1-4H3,(H,16,19)/b17-12+. The van der Waals surface area contributed by atoms with E-state index in [1.165, 1.54) is 23.7 Å². The lowest BCUT2D eigenvalue weighted by atomic mass is 10.2. The molecule has 7 nitrogen and oxygen atoms in total. The van der Waals surface area contributed by atoms with Gasteiger partial charge in [-0.25, -0.2) is 4.79 Å². The van der Waals surface area contributed by atoms with Gasteiger partial charge in [0.1, 0.15) is 10.8 Å². The molecule has 26 heavy (non-hydrogen) atoms. The molecule has 0 bridgehead atoms. The maximum Gasteiger partial charge on any atom is 0.434 e. The summed E-state index contributed by atoms with van der Waals surface area (Å²) in [6, 6.07) is 7.75. The largest absolute Gasteiger partial charge is 0.434 e. The number of nitrogens with zero attached hydrogens (tertiary/aromatic N) is 2. The van der Waals surface area contributed by atoms with Gasteiger partial charge in [0, 0.05) is 11.6 Å². The van der Waals surface area contributed by atoms with E-state index in [-0.39, 0.29) is 11.9 Å². The maximum atomic E-state index is 11.7. The second-order valence-electron chi connectivity index (χ2n) is 5.48. The zero-order valence-electron chi connectivity index (χ0n) is 15.0. The van der Waals surface area contributed by atoms with Gasteiger partial charge in [0.05, 0.1) is 12.5 Å². The van der Waals surface area contributed by atoms with E-state index in [0.717, 1.165) is 11.3 Å². The molecule has 0 aromatic heterocycles. The van der Waals surface area contributed by atoms with E-state index in [1.807, 2.05) is 48.4 Å². The fourth-order valence-corrected chi connectivity index (χ4v) is 6.58. The Morgan fingerprint density at radius 2 is 2.23 bits per heavy atom. The second kappa shape index (κ2) is 9.96. The molecule has 0 aliphatic carbocycles. The van der Waals surface area contributed by atoms with Crippen LogP contribution < -0.4 is 9.84 Å². The van der Waals surface area contributed by atoms with Crippen LogP contribution in [0.25, 0.3) is 0 Å². The maximum absolute atomic E-state index is 11.7. The van der Waals surface area contributed by atoms with E-state index in [0.29, 0.717) is 11.7 Å². The Bertz CT molecular complexity index is 717. The Hall–Kier alpha value is -0.770. The Balaban J connectivity index is 1.95. The minimum Gasteiger partial charge on any atom is -0.432 e. The van der Waals surface area contributed by atoms with Crippen LogP contribution in [0.4, 0.5) is 4.79 Å². The third kappa shape index (κ3) is 5.87.